The minimum Gasteiger partial charge on any atom is -0.311 e. The first-order chi connectivity index (χ1) is 8.53. The lowest BCUT2D eigenvalue weighted by Gasteiger charge is -2.33. The van der Waals surface area contributed by atoms with Crippen LogP contribution in [-0.4, -0.2) is 24.6 Å². The van der Waals surface area contributed by atoms with Gasteiger partial charge in [0.1, 0.15) is 0 Å². The lowest BCUT2D eigenvalue weighted by molar-refractivity contribution is -0.345. The first-order valence-electron chi connectivity index (χ1n) is 7.03. The van der Waals surface area contributed by atoms with E-state index in [4.69, 9.17) is 0 Å². The predicted octanol–water partition coefficient (Wildman–Crippen LogP) is 3.76. The van der Waals surface area contributed by atoms with Crippen LogP contribution in [-0.2, 0) is 4.74 Å². The van der Waals surface area contributed by atoms with Crippen molar-refractivity contribution in [2.45, 2.75) is 82.3 Å². The maximum absolute atomic E-state index is 12.1. The number of ether oxygens (including phenoxy) is 1. The molecule has 18 heavy (non-hydrogen) atoms. The molecule has 0 aromatic heterocycles. The maximum atomic E-state index is 12.1. The molecule has 0 amide bonds. The minimum atomic E-state index is -4.48. The SMILES string of the molecule is FC(F)(F)OC1CCC(NC2CCCCC2)CC1. The van der Waals surface area contributed by atoms with Gasteiger partial charge in [-0.3, -0.25) is 4.74 Å². The molecule has 0 radical (unpaired) electrons. The van der Waals surface area contributed by atoms with E-state index in [0.717, 1.165) is 12.8 Å². The van der Waals surface area contributed by atoms with Gasteiger partial charge in [0.05, 0.1) is 6.10 Å². The van der Waals surface area contributed by atoms with E-state index >= 15 is 0 Å². The largest absolute Gasteiger partial charge is 0.522 e. The van der Waals surface area contributed by atoms with Gasteiger partial charge < -0.3 is 5.32 Å². The summed E-state index contributed by atoms with van der Waals surface area (Å²) >= 11 is 0. The van der Waals surface area contributed by atoms with Crippen molar-refractivity contribution < 1.29 is 17.9 Å². The molecule has 0 atom stereocenters. The van der Waals surface area contributed by atoms with Gasteiger partial charge in [0, 0.05) is 12.1 Å². The highest BCUT2D eigenvalue weighted by molar-refractivity contribution is 4.82. The van der Waals surface area contributed by atoms with Crippen LogP contribution in [0.4, 0.5) is 13.2 Å². The van der Waals surface area contributed by atoms with Gasteiger partial charge in [-0.15, -0.1) is 13.2 Å². The summed E-state index contributed by atoms with van der Waals surface area (Å²) in [5.74, 6) is 0. The second kappa shape index (κ2) is 6.24. The zero-order chi connectivity index (χ0) is 13.0. The van der Waals surface area contributed by atoms with Crippen LogP contribution in [0.2, 0.25) is 0 Å². The molecular formula is C13H22F3NO. The average Bonchev–Trinajstić information content (AvgIpc) is 2.31. The molecule has 0 spiro atoms. The van der Waals surface area contributed by atoms with Crippen molar-refractivity contribution in [3.8, 4) is 0 Å². The predicted molar refractivity (Wildman–Crippen MR) is 63.2 cm³/mol. The number of hydrogen-bond donors (Lipinski definition) is 1. The molecule has 2 rings (SSSR count). The van der Waals surface area contributed by atoms with Crippen LogP contribution in [0.5, 0.6) is 0 Å². The van der Waals surface area contributed by atoms with Crippen molar-refractivity contribution in [3.63, 3.8) is 0 Å². The van der Waals surface area contributed by atoms with Crippen LogP contribution in [0.1, 0.15) is 57.8 Å². The third kappa shape index (κ3) is 4.76. The fourth-order valence-corrected chi connectivity index (χ4v) is 3.14. The normalized spacial score (nSPS) is 31.5. The molecular weight excluding hydrogens is 243 g/mol. The molecule has 0 heterocycles. The second-order valence-electron chi connectivity index (χ2n) is 5.54. The molecule has 2 saturated carbocycles. The molecule has 0 bridgehead atoms. The zero-order valence-electron chi connectivity index (χ0n) is 10.6. The highest BCUT2D eigenvalue weighted by Gasteiger charge is 2.35. The van der Waals surface area contributed by atoms with Crippen molar-refractivity contribution in [2.24, 2.45) is 0 Å². The van der Waals surface area contributed by atoms with E-state index in [-0.39, 0.29) is 0 Å². The average molecular weight is 265 g/mol. The molecule has 2 nitrogen and oxygen atoms in total. The monoisotopic (exact) mass is 265 g/mol. The summed E-state index contributed by atoms with van der Waals surface area (Å²) in [6.45, 7) is 0. The fraction of sp³-hybridized carbons (Fsp3) is 1.00. The number of halogens is 3. The summed E-state index contributed by atoms with van der Waals surface area (Å²) < 4.78 is 40.3. The first-order valence-corrected chi connectivity index (χ1v) is 7.03. The number of rotatable bonds is 3. The Balaban J connectivity index is 1.66. The van der Waals surface area contributed by atoms with Crippen LogP contribution in [0, 0.1) is 0 Å². The summed E-state index contributed by atoms with van der Waals surface area (Å²) in [6, 6.07) is 0.977. The Hall–Kier alpha value is -0.290. The van der Waals surface area contributed by atoms with Crippen molar-refractivity contribution in [1.82, 2.24) is 5.32 Å². The van der Waals surface area contributed by atoms with Crippen LogP contribution in [0.25, 0.3) is 0 Å². The van der Waals surface area contributed by atoms with Gasteiger partial charge in [0.25, 0.3) is 0 Å². The molecule has 0 aromatic rings. The van der Waals surface area contributed by atoms with Crippen LogP contribution < -0.4 is 5.32 Å². The fourth-order valence-electron chi connectivity index (χ4n) is 3.14. The highest BCUT2D eigenvalue weighted by atomic mass is 19.4. The van der Waals surface area contributed by atoms with Gasteiger partial charge in [-0.25, -0.2) is 0 Å². The van der Waals surface area contributed by atoms with Gasteiger partial charge in [0.2, 0.25) is 0 Å². The molecule has 0 saturated heterocycles. The van der Waals surface area contributed by atoms with E-state index in [9.17, 15) is 13.2 Å². The molecule has 106 valence electrons. The van der Waals surface area contributed by atoms with Crippen LogP contribution >= 0.6 is 0 Å². The quantitative estimate of drug-likeness (QED) is 0.839. The summed E-state index contributed by atoms with van der Waals surface area (Å²) in [6.07, 6.45) is 3.86. The number of nitrogens with one attached hydrogen (secondary N) is 1. The lowest BCUT2D eigenvalue weighted by Crippen LogP contribution is -2.43. The molecule has 1 N–H and O–H groups in total. The Morgan fingerprint density at radius 2 is 1.33 bits per heavy atom. The topological polar surface area (TPSA) is 21.3 Å². The molecule has 0 aliphatic heterocycles. The van der Waals surface area contributed by atoms with Gasteiger partial charge in [-0.1, -0.05) is 19.3 Å². The summed E-state index contributed by atoms with van der Waals surface area (Å²) in [4.78, 5) is 0. The van der Waals surface area contributed by atoms with Gasteiger partial charge in [0.15, 0.2) is 0 Å². The Kier molecular flexibility index (Phi) is 4.90. The zero-order valence-corrected chi connectivity index (χ0v) is 10.6. The third-order valence-corrected chi connectivity index (χ3v) is 4.05. The Bertz CT molecular complexity index is 243. The minimum absolute atomic E-state index is 0.390. The molecule has 2 aliphatic carbocycles. The van der Waals surface area contributed by atoms with E-state index in [0.29, 0.717) is 24.9 Å². The van der Waals surface area contributed by atoms with Gasteiger partial charge >= 0.3 is 6.36 Å². The number of hydrogen-bond acceptors (Lipinski definition) is 2. The van der Waals surface area contributed by atoms with E-state index < -0.39 is 12.5 Å². The Morgan fingerprint density at radius 3 is 1.89 bits per heavy atom. The lowest BCUT2D eigenvalue weighted by atomic mass is 9.89. The van der Waals surface area contributed by atoms with E-state index in [2.05, 4.69) is 10.1 Å². The smallest absolute Gasteiger partial charge is 0.311 e. The summed E-state index contributed by atoms with van der Waals surface area (Å²) in [5, 5.41) is 3.60. The Labute approximate surface area is 106 Å². The van der Waals surface area contributed by atoms with Crippen molar-refractivity contribution in [3.05, 3.63) is 0 Å². The van der Waals surface area contributed by atoms with Crippen LogP contribution in [0.15, 0.2) is 0 Å². The molecule has 2 aliphatic rings. The molecule has 0 unspecified atom stereocenters. The van der Waals surface area contributed by atoms with Crippen molar-refractivity contribution in [2.75, 3.05) is 0 Å². The highest BCUT2D eigenvalue weighted by Crippen LogP contribution is 2.29. The third-order valence-electron chi connectivity index (χ3n) is 4.05. The van der Waals surface area contributed by atoms with Crippen molar-refractivity contribution >= 4 is 0 Å². The van der Waals surface area contributed by atoms with Gasteiger partial charge in [-0.2, -0.15) is 0 Å². The summed E-state index contributed by atoms with van der Waals surface area (Å²) in [7, 11) is 0. The molecule has 0 aromatic carbocycles. The number of alkyl halides is 3. The van der Waals surface area contributed by atoms with Crippen LogP contribution in [0.3, 0.4) is 0 Å². The summed E-state index contributed by atoms with van der Waals surface area (Å²) in [5.41, 5.74) is 0. The standard InChI is InChI=1S/C13H22F3NO/c14-13(15,16)18-12-8-6-11(7-9-12)17-10-4-2-1-3-5-10/h10-12,17H,1-9H2. The first kappa shape index (κ1) is 14.1. The van der Waals surface area contributed by atoms with Gasteiger partial charge in [-0.05, 0) is 38.5 Å². The van der Waals surface area contributed by atoms with E-state index in [1.54, 1.807) is 0 Å². The van der Waals surface area contributed by atoms with E-state index in [1.165, 1.54) is 32.1 Å². The second-order valence-corrected chi connectivity index (χ2v) is 5.54. The van der Waals surface area contributed by atoms with E-state index in [1.807, 2.05) is 0 Å². The molecule has 5 heteroatoms. The maximum Gasteiger partial charge on any atom is 0.522 e. The Morgan fingerprint density at radius 1 is 0.778 bits per heavy atom. The molecule has 2 fully saturated rings. The van der Waals surface area contributed by atoms with Crippen molar-refractivity contribution in [1.29, 1.82) is 0 Å².